The zero-order chi connectivity index (χ0) is 17.1. The highest BCUT2D eigenvalue weighted by Crippen LogP contribution is 2.30. The lowest BCUT2D eigenvalue weighted by atomic mass is 10.1. The number of nitrogens with one attached hydrogen (secondary N) is 1. The summed E-state index contributed by atoms with van der Waals surface area (Å²) in [7, 11) is 0. The van der Waals surface area contributed by atoms with Crippen molar-refractivity contribution in [2.45, 2.75) is 6.92 Å². The summed E-state index contributed by atoms with van der Waals surface area (Å²) < 4.78 is 13.8. The fourth-order valence-corrected chi connectivity index (χ4v) is 3.20. The van der Waals surface area contributed by atoms with Gasteiger partial charge in [-0.05, 0) is 37.3 Å². The Labute approximate surface area is 142 Å². The van der Waals surface area contributed by atoms with Gasteiger partial charge < -0.3 is 5.32 Å². The van der Waals surface area contributed by atoms with Crippen LogP contribution in [0.1, 0.15) is 27.0 Å². The van der Waals surface area contributed by atoms with E-state index in [-0.39, 0.29) is 17.5 Å². The van der Waals surface area contributed by atoms with Crippen LogP contribution in [0.5, 0.6) is 0 Å². The number of ketones is 1. The summed E-state index contributed by atoms with van der Waals surface area (Å²) in [4.78, 5) is 24.9. The molecule has 0 radical (unpaired) electrons. The van der Waals surface area contributed by atoms with Crippen molar-refractivity contribution in [1.82, 2.24) is 0 Å². The van der Waals surface area contributed by atoms with Gasteiger partial charge in [-0.3, -0.25) is 9.59 Å². The molecule has 1 heterocycles. The van der Waals surface area contributed by atoms with Crippen LogP contribution in [0.25, 0.3) is 10.4 Å². The predicted octanol–water partition coefficient (Wildman–Crippen LogP) is 5.01. The van der Waals surface area contributed by atoms with Gasteiger partial charge in [-0.15, -0.1) is 11.3 Å². The Balaban J connectivity index is 1.81. The molecule has 0 aliphatic rings. The van der Waals surface area contributed by atoms with E-state index in [1.54, 1.807) is 54.6 Å². The number of anilines is 1. The standard InChI is InChI=1S/C19H14FNO2S/c1-12(22)13-5-4-6-14(11-13)21-19(23)18-10-9-17(24-18)15-7-2-3-8-16(15)20/h2-11H,1H3,(H,21,23). The van der Waals surface area contributed by atoms with E-state index in [9.17, 15) is 14.0 Å². The predicted molar refractivity (Wildman–Crippen MR) is 94.1 cm³/mol. The molecule has 0 aliphatic heterocycles. The van der Waals surface area contributed by atoms with Crippen molar-refractivity contribution in [2.75, 3.05) is 5.32 Å². The first-order valence-corrected chi connectivity index (χ1v) is 8.13. The summed E-state index contributed by atoms with van der Waals surface area (Å²) in [5.74, 6) is -0.673. The van der Waals surface area contributed by atoms with E-state index in [0.717, 1.165) is 0 Å². The van der Waals surface area contributed by atoms with Gasteiger partial charge in [0.15, 0.2) is 5.78 Å². The van der Waals surface area contributed by atoms with E-state index < -0.39 is 0 Å². The van der Waals surface area contributed by atoms with E-state index in [0.29, 0.717) is 26.6 Å². The average molecular weight is 339 g/mol. The van der Waals surface area contributed by atoms with Crippen LogP contribution in [0.3, 0.4) is 0 Å². The molecule has 1 N–H and O–H groups in total. The van der Waals surface area contributed by atoms with Gasteiger partial charge in [0.1, 0.15) is 5.82 Å². The van der Waals surface area contributed by atoms with Gasteiger partial charge in [0.25, 0.3) is 5.91 Å². The lowest BCUT2D eigenvalue weighted by Gasteiger charge is -2.05. The maximum absolute atomic E-state index is 13.8. The van der Waals surface area contributed by atoms with Crippen molar-refractivity contribution in [3.8, 4) is 10.4 Å². The summed E-state index contributed by atoms with van der Waals surface area (Å²) in [6.07, 6.45) is 0. The van der Waals surface area contributed by atoms with Gasteiger partial charge in [0.05, 0.1) is 4.88 Å². The highest BCUT2D eigenvalue weighted by Gasteiger charge is 2.13. The highest BCUT2D eigenvalue weighted by atomic mass is 32.1. The molecule has 3 aromatic rings. The summed E-state index contributed by atoms with van der Waals surface area (Å²) in [6.45, 7) is 1.47. The zero-order valence-electron chi connectivity index (χ0n) is 12.9. The summed E-state index contributed by atoms with van der Waals surface area (Å²) in [5, 5.41) is 2.76. The second-order valence-electron chi connectivity index (χ2n) is 5.23. The molecule has 0 aliphatic carbocycles. The third-order valence-electron chi connectivity index (χ3n) is 3.50. The first-order valence-electron chi connectivity index (χ1n) is 7.31. The van der Waals surface area contributed by atoms with Crippen molar-refractivity contribution in [3.63, 3.8) is 0 Å². The number of amides is 1. The molecule has 0 saturated carbocycles. The Morgan fingerprint density at radius 3 is 2.54 bits per heavy atom. The largest absolute Gasteiger partial charge is 0.321 e. The molecule has 0 fully saturated rings. The number of hydrogen-bond donors (Lipinski definition) is 1. The lowest BCUT2D eigenvalue weighted by molar-refractivity contribution is 0.101. The molecule has 0 spiro atoms. The number of halogens is 1. The Bertz CT molecular complexity index is 917. The van der Waals surface area contributed by atoms with Crippen LogP contribution >= 0.6 is 11.3 Å². The monoisotopic (exact) mass is 339 g/mol. The third-order valence-corrected chi connectivity index (χ3v) is 4.61. The van der Waals surface area contributed by atoms with Crippen LogP contribution in [0.4, 0.5) is 10.1 Å². The van der Waals surface area contributed by atoms with Crippen LogP contribution in [0.2, 0.25) is 0 Å². The number of hydrogen-bond acceptors (Lipinski definition) is 3. The fraction of sp³-hybridized carbons (Fsp3) is 0.0526. The molecule has 3 rings (SSSR count). The molecule has 3 nitrogen and oxygen atoms in total. The van der Waals surface area contributed by atoms with Crippen LogP contribution in [0.15, 0.2) is 60.7 Å². The van der Waals surface area contributed by atoms with Crippen LogP contribution in [0, 0.1) is 5.82 Å². The van der Waals surface area contributed by atoms with Crippen molar-refractivity contribution in [2.24, 2.45) is 0 Å². The number of rotatable bonds is 4. The zero-order valence-corrected chi connectivity index (χ0v) is 13.7. The van der Waals surface area contributed by atoms with Crippen LogP contribution in [-0.4, -0.2) is 11.7 Å². The molecular weight excluding hydrogens is 325 g/mol. The third kappa shape index (κ3) is 3.41. The molecular formula is C19H14FNO2S. The molecule has 0 bridgehead atoms. The van der Waals surface area contributed by atoms with E-state index in [4.69, 9.17) is 0 Å². The Kier molecular flexibility index (Phi) is 4.53. The maximum Gasteiger partial charge on any atom is 0.265 e. The van der Waals surface area contributed by atoms with E-state index >= 15 is 0 Å². The van der Waals surface area contributed by atoms with Gasteiger partial charge in [0.2, 0.25) is 0 Å². The van der Waals surface area contributed by atoms with Gasteiger partial charge >= 0.3 is 0 Å². The maximum atomic E-state index is 13.8. The van der Waals surface area contributed by atoms with Gasteiger partial charge in [-0.2, -0.15) is 0 Å². The number of benzene rings is 2. The van der Waals surface area contributed by atoms with Crippen molar-refractivity contribution < 1.29 is 14.0 Å². The lowest BCUT2D eigenvalue weighted by Crippen LogP contribution is -2.10. The number of thiophene rings is 1. The summed E-state index contributed by atoms with van der Waals surface area (Å²) in [6, 6.07) is 16.6. The average Bonchev–Trinajstić information content (AvgIpc) is 3.05. The fourth-order valence-electron chi connectivity index (χ4n) is 2.27. The van der Waals surface area contributed by atoms with E-state index in [1.165, 1.54) is 24.3 Å². The van der Waals surface area contributed by atoms with Gasteiger partial charge in [-0.1, -0.05) is 30.3 Å². The smallest absolute Gasteiger partial charge is 0.265 e. The molecule has 120 valence electrons. The van der Waals surface area contributed by atoms with Crippen LogP contribution < -0.4 is 5.32 Å². The second kappa shape index (κ2) is 6.76. The Hall–Kier alpha value is -2.79. The molecule has 1 amide bonds. The van der Waals surface area contributed by atoms with Crippen molar-refractivity contribution in [1.29, 1.82) is 0 Å². The molecule has 0 unspecified atom stereocenters. The minimum absolute atomic E-state index is 0.0657. The second-order valence-corrected chi connectivity index (χ2v) is 6.32. The number of carbonyl (C=O) groups excluding carboxylic acids is 2. The minimum atomic E-state index is -0.319. The summed E-state index contributed by atoms with van der Waals surface area (Å²) >= 11 is 1.22. The summed E-state index contributed by atoms with van der Waals surface area (Å²) in [5.41, 5.74) is 1.56. The molecule has 24 heavy (non-hydrogen) atoms. The quantitative estimate of drug-likeness (QED) is 0.679. The SMILES string of the molecule is CC(=O)c1cccc(NC(=O)c2ccc(-c3ccccc3F)s2)c1. The Morgan fingerprint density at radius 1 is 1.00 bits per heavy atom. The van der Waals surface area contributed by atoms with Gasteiger partial charge in [-0.25, -0.2) is 4.39 Å². The first-order chi connectivity index (χ1) is 11.5. The van der Waals surface area contributed by atoms with E-state index in [2.05, 4.69) is 5.32 Å². The Morgan fingerprint density at radius 2 is 1.79 bits per heavy atom. The van der Waals surface area contributed by atoms with Gasteiger partial charge in [0, 0.05) is 21.7 Å². The molecule has 0 saturated heterocycles. The molecule has 0 atom stereocenters. The number of Topliss-reactive ketones (excluding diaryl/α,β-unsaturated/α-hetero) is 1. The topological polar surface area (TPSA) is 46.2 Å². The van der Waals surface area contributed by atoms with Crippen LogP contribution in [-0.2, 0) is 0 Å². The molecule has 5 heteroatoms. The minimum Gasteiger partial charge on any atom is -0.321 e. The molecule has 2 aromatic carbocycles. The molecule has 1 aromatic heterocycles. The highest BCUT2D eigenvalue weighted by molar-refractivity contribution is 7.17. The van der Waals surface area contributed by atoms with Crippen molar-refractivity contribution in [3.05, 3.63) is 76.9 Å². The number of carbonyl (C=O) groups is 2. The van der Waals surface area contributed by atoms with E-state index in [1.807, 2.05) is 0 Å². The first kappa shape index (κ1) is 16.1. The van der Waals surface area contributed by atoms with Crippen molar-refractivity contribution >= 4 is 28.7 Å². The normalized spacial score (nSPS) is 10.4.